The summed E-state index contributed by atoms with van der Waals surface area (Å²) in [6.45, 7) is 5.49. The standard InChI is InChI=1S/C10H19NO3/c1-10(2,3)14-9(13)6-4-7(11)8(12)5-6/h6-8,12H,4-5,11H2,1-3H3. The number of ether oxygens (including phenoxy) is 1. The average molecular weight is 201 g/mol. The Hall–Kier alpha value is -0.610. The van der Waals surface area contributed by atoms with Gasteiger partial charge in [-0.3, -0.25) is 4.79 Å². The lowest BCUT2D eigenvalue weighted by molar-refractivity contribution is -0.160. The van der Waals surface area contributed by atoms with Gasteiger partial charge in [-0.15, -0.1) is 0 Å². The molecule has 3 atom stereocenters. The highest BCUT2D eigenvalue weighted by molar-refractivity contribution is 5.73. The Bertz CT molecular complexity index is 212. The van der Waals surface area contributed by atoms with E-state index in [-0.39, 0.29) is 17.9 Å². The number of carbonyl (C=O) groups excluding carboxylic acids is 1. The van der Waals surface area contributed by atoms with E-state index < -0.39 is 11.7 Å². The zero-order valence-corrected chi connectivity index (χ0v) is 8.99. The van der Waals surface area contributed by atoms with Crippen molar-refractivity contribution in [1.82, 2.24) is 0 Å². The molecule has 0 aromatic heterocycles. The van der Waals surface area contributed by atoms with Crippen molar-refractivity contribution in [2.45, 2.75) is 51.4 Å². The molecule has 4 heteroatoms. The van der Waals surface area contributed by atoms with Crippen molar-refractivity contribution >= 4 is 5.97 Å². The summed E-state index contributed by atoms with van der Waals surface area (Å²) in [6.07, 6.45) is 0.388. The largest absolute Gasteiger partial charge is 0.460 e. The number of nitrogens with two attached hydrogens (primary N) is 1. The fourth-order valence-corrected chi connectivity index (χ4v) is 1.63. The summed E-state index contributed by atoms with van der Waals surface area (Å²) in [4.78, 5) is 11.6. The van der Waals surface area contributed by atoms with Gasteiger partial charge in [-0.2, -0.15) is 0 Å². The summed E-state index contributed by atoms with van der Waals surface area (Å²) in [5.74, 6) is -0.483. The van der Waals surface area contributed by atoms with Crippen LogP contribution in [0.1, 0.15) is 33.6 Å². The second-order valence-corrected chi connectivity index (χ2v) is 4.93. The first-order valence-electron chi connectivity index (χ1n) is 4.96. The number of hydrogen-bond donors (Lipinski definition) is 2. The Morgan fingerprint density at radius 1 is 1.43 bits per heavy atom. The van der Waals surface area contributed by atoms with Crippen LogP contribution >= 0.6 is 0 Å². The van der Waals surface area contributed by atoms with E-state index in [1.54, 1.807) is 0 Å². The van der Waals surface area contributed by atoms with E-state index in [2.05, 4.69) is 0 Å². The highest BCUT2D eigenvalue weighted by atomic mass is 16.6. The summed E-state index contributed by atoms with van der Waals surface area (Å²) < 4.78 is 5.21. The van der Waals surface area contributed by atoms with E-state index in [0.717, 1.165) is 0 Å². The molecule has 0 heterocycles. The number of hydrogen-bond acceptors (Lipinski definition) is 4. The van der Waals surface area contributed by atoms with Gasteiger partial charge in [0.2, 0.25) is 0 Å². The van der Waals surface area contributed by atoms with Crippen LogP contribution in [0.15, 0.2) is 0 Å². The molecular formula is C10H19NO3. The molecule has 1 aliphatic carbocycles. The van der Waals surface area contributed by atoms with Crippen LogP contribution in [0.2, 0.25) is 0 Å². The van der Waals surface area contributed by atoms with Crippen molar-refractivity contribution < 1.29 is 14.6 Å². The first-order chi connectivity index (χ1) is 6.29. The molecule has 0 aromatic carbocycles. The Morgan fingerprint density at radius 2 is 2.00 bits per heavy atom. The molecule has 4 nitrogen and oxygen atoms in total. The molecule has 0 bridgehead atoms. The van der Waals surface area contributed by atoms with Crippen molar-refractivity contribution in [3.63, 3.8) is 0 Å². The lowest BCUT2D eigenvalue weighted by Gasteiger charge is -2.21. The Morgan fingerprint density at radius 3 is 2.36 bits per heavy atom. The van der Waals surface area contributed by atoms with E-state index >= 15 is 0 Å². The van der Waals surface area contributed by atoms with E-state index in [9.17, 15) is 9.90 Å². The quantitative estimate of drug-likeness (QED) is 0.603. The van der Waals surface area contributed by atoms with Crippen LogP contribution in [0.4, 0.5) is 0 Å². The van der Waals surface area contributed by atoms with Gasteiger partial charge in [-0.1, -0.05) is 0 Å². The molecule has 82 valence electrons. The molecule has 0 aliphatic heterocycles. The Labute approximate surface area is 84.4 Å². The smallest absolute Gasteiger partial charge is 0.309 e. The number of aliphatic hydroxyl groups excluding tert-OH is 1. The molecular weight excluding hydrogens is 182 g/mol. The lowest BCUT2D eigenvalue weighted by Crippen LogP contribution is -2.29. The van der Waals surface area contributed by atoms with Gasteiger partial charge in [0, 0.05) is 6.04 Å². The van der Waals surface area contributed by atoms with Gasteiger partial charge < -0.3 is 15.6 Å². The molecule has 1 rings (SSSR count). The van der Waals surface area contributed by atoms with Gasteiger partial charge in [0.1, 0.15) is 5.60 Å². The monoisotopic (exact) mass is 201 g/mol. The highest BCUT2D eigenvalue weighted by Crippen LogP contribution is 2.27. The van der Waals surface area contributed by atoms with Crippen LogP contribution in [0.3, 0.4) is 0 Å². The van der Waals surface area contributed by atoms with Gasteiger partial charge in [0.25, 0.3) is 0 Å². The number of aliphatic hydroxyl groups is 1. The minimum atomic E-state index is -0.562. The van der Waals surface area contributed by atoms with Crippen molar-refractivity contribution in [1.29, 1.82) is 0 Å². The first kappa shape index (κ1) is 11.5. The van der Waals surface area contributed by atoms with E-state index in [0.29, 0.717) is 12.8 Å². The number of carbonyl (C=O) groups is 1. The third kappa shape index (κ3) is 2.96. The van der Waals surface area contributed by atoms with Gasteiger partial charge >= 0.3 is 5.97 Å². The van der Waals surface area contributed by atoms with Crippen LogP contribution in [0.25, 0.3) is 0 Å². The molecule has 0 saturated heterocycles. The molecule has 1 saturated carbocycles. The van der Waals surface area contributed by atoms with Crippen molar-refractivity contribution in [3.05, 3.63) is 0 Å². The van der Waals surface area contributed by atoms with E-state index in [1.807, 2.05) is 20.8 Å². The zero-order chi connectivity index (χ0) is 10.9. The van der Waals surface area contributed by atoms with Gasteiger partial charge in [0.05, 0.1) is 12.0 Å². The van der Waals surface area contributed by atoms with E-state index in [1.165, 1.54) is 0 Å². The third-order valence-corrected chi connectivity index (χ3v) is 2.32. The molecule has 1 aliphatic rings. The van der Waals surface area contributed by atoms with Gasteiger partial charge in [0.15, 0.2) is 0 Å². The molecule has 0 spiro atoms. The summed E-state index contributed by atoms with van der Waals surface area (Å²) in [5.41, 5.74) is 5.15. The SMILES string of the molecule is CC(C)(C)OC(=O)C1CC(N)C(O)C1. The minimum absolute atomic E-state index is 0.237. The van der Waals surface area contributed by atoms with Crippen LogP contribution in [-0.2, 0) is 9.53 Å². The molecule has 1 fully saturated rings. The average Bonchev–Trinajstić information content (AvgIpc) is 2.28. The van der Waals surface area contributed by atoms with Gasteiger partial charge in [-0.05, 0) is 33.6 Å². The zero-order valence-electron chi connectivity index (χ0n) is 8.99. The second kappa shape index (κ2) is 3.87. The van der Waals surface area contributed by atoms with Crippen molar-refractivity contribution in [3.8, 4) is 0 Å². The van der Waals surface area contributed by atoms with Crippen LogP contribution in [0, 0.1) is 5.92 Å². The van der Waals surface area contributed by atoms with Crippen LogP contribution in [-0.4, -0.2) is 28.8 Å². The van der Waals surface area contributed by atoms with Crippen molar-refractivity contribution in [2.24, 2.45) is 11.7 Å². The lowest BCUT2D eigenvalue weighted by atomic mass is 10.1. The summed E-state index contributed by atoms with van der Waals surface area (Å²) in [5, 5.41) is 9.38. The maximum atomic E-state index is 11.6. The minimum Gasteiger partial charge on any atom is -0.460 e. The molecule has 14 heavy (non-hydrogen) atoms. The Kier molecular flexibility index (Phi) is 3.17. The highest BCUT2D eigenvalue weighted by Gasteiger charge is 2.36. The second-order valence-electron chi connectivity index (χ2n) is 4.93. The van der Waals surface area contributed by atoms with Crippen LogP contribution < -0.4 is 5.73 Å². The number of esters is 1. The normalized spacial score (nSPS) is 33.1. The maximum Gasteiger partial charge on any atom is 0.309 e. The molecule has 3 N–H and O–H groups in total. The molecule has 3 unspecified atom stereocenters. The molecule has 0 aromatic rings. The topological polar surface area (TPSA) is 72.5 Å². The Balaban J connectivity index is 2.48. The van der Waals surface area contributed by atoms with E-state index in [4.69, 9.17) is 10.5 Å². The molecule has 0 amide bonds. The van der Waals surface area contributed by atoms with Crippen molar-refractivity contribution in [2.75, 3.05) is 0 Å². The first-order valence-corrected chi connectivity index (χ1v) is 4.96. The van der Waals surface area contributed by atoms with Gasteiger partial charge in [-0.25, -0.2) is 0 Å². The predicted molar refractivity (Wildman–Crippen MR) is 52.6 cm³/mol. The fraction of sp³-hybridized carbons (Fsp3) is 0.900. The molecule has 0 radical (unpaired) electrons. The number of rotatable bonds is 1. The fourth-order valence-electron chi connectivity index (χ4n) is 1.63. The summed E-state index contributed by atoms with van der Waals surface area (Å²) >= 11 is 0. The maximum absolute atomic E-state index is 11.6. The predicted octanol–water partition coefficient (Wildman–Crippen LogP) is 0.426. The summed E-state index contributed by atoms with van der Waals surface area (Å²) in [6, 6.07) is -0.285. The van der Waals surface area contributed by atoms with Crippen LogP contribution in [0.5, 0.6) is 0 Å². The third-order valence-electron chi connectivity index (χ3n) is 2.32. The summed E-state index contributed by atoms with van der Waals surface area (Å²) in [7, 11) is 0.